The van der Waals surface area contributed by atoms with E-state index in [9.17, 15) is 0 Å². The predicted molar refractivity (Wildman–Crippen MR) is 86.1 cm³/mol. The third kappa shape index (κ3) is 3.40. The van der Waals surface area contributed by atoms with Crippen LogP contribution in [0.25, 0.3) is 11.4 Å². The molecule has 0 saturated carbocycles. The van der Waals surface area contributed by atoms with Gasteiger partial charge < -0.3 is 5.32 Å². The van der Waals surface area contributed by atoms with E-state index in [4.69, 9.17) is 0 Å². The van der Waals surface area contributed by atoms with Crippen molar-refractivity contribution in [1.82, 2.24) is 15.0 Å². The highest BCUT2D eigenvalue weighted by molar-refractivity contribution is 14.1. The highest BCUT2D eigenvalue weighted by atomic mass is 127. The second-order valence-electron chi connectivity index (χ2n) is 4.17. The van der Waals surface area contributed by atoms with E-state index in [1.807, 2.05) is 12.1 Å². The summed E-state index contributed by atoms with van der Waals surface area (Å²) in [4.78, 5) is 13.3. The van der Waals surface area contributed by atoms with Crippen LogP contribution in [0.5, 0.6) is 0 Å². The molecule has 0 aromatic carbocycles. The number of aryl methyl sites for hydroxylation is 1. The molecule has 0 aliphatic rings. The molecule has 4 nitrogen and oxygen atoms in total. The van der Waals surface area contributed by atoms with Crippen molar-refractivity contribution in [2.45, 2.75) is 26.7 Å². The summed E-state index contributed by atoms with van der Waals surface area (Å²) in [6.07, 6.45) is 5.58. The van der Waals surface area contributed by atoms with Crippen LogP contribution in [0.15, 0.2) is 24.5 Å². The third-order valence-electron chi connectivity index (χ3n) is 2.69. The van der Waals surface area contributed by atoms with Gasteiger partial charge in [-0.2, -0.15) is 0 Å². The smallest absolute Gasteiger partial charge is 0.161 e. The summed E-state index contributed by atoms with van der Waals surface area (Å²) in [6.45, 7) is 5.09. The summed E-state index contributed by atoms with van der Waals surface area (Å²) in [6, 6.07) is 3.88. The lowest BCUT2D eigenvalue weighted by Crippen LogP contribution is -2.08. The molecule has 0 atom stereocenters. The van der Waals surface area contributed by atoms with Crippen LogP contribution in [0.2, 0.25) is 0 Å². The van der Waals surface area contributed by atoms with Gasteiger partial charge >= 0.3 is 0 Å². The number of hydrogen-bond acceptors (Lipinski definition) is 4. The Morgan fingerprint density at radius 3 is 2.53 bits per heavy atom. The van der Waals surface area contributed by atoms with E-state index < -0.39 is 0 Å². The van der Waals surface area contributed by atoms with Crippen molar-refractivity contribution in [2.24, 2.45) is 0 Å². The number of nitrogens with one attached hydrogen (secondary N) is 1. The molecule has 2 aromatic rings. The first-order chi connectivity index (χ1) is 9.26. The van der Waals surface area contributed by atoms with Gasteiger partial charge in [0.05, 0.1) is 9.26 Å². The van der Waals surface area contributed by atoms with Crippen molar-refractivity contribution in [3.05, 3.63) is 33.8 Å². The van der Waals surface area contributed by atoms with Gasteiger partial charge in [-0.15, -0.1) is 0 Å². The quantitative estimate of drug-likeness (QED) is 0.821. The molecule has 0 aliphatic heterocycles. The SMILES string of the molecule is CCCc1nc(-c2ccncc2)nc(NCC)c1I. The van der Waals surface area contributed by atoms with E-state index in [1.54, 1.807) is 12.4 Å². The molecule has 0 radical (unpaired) electrons. The lowest BCUT2D eigenvalue weighted by molar-refractivity contribution is 0.866. The first kappa shape index (κ1) is 14.2. The van der Waals surface area contributed by atoms with Crippen LogP contribution < -0.4 is 5.32 Å². The minimum absolute atomic E-state index is 0.766. The van der Waals surface area contributed by atoms with E-state index in [0.29, 0.717) is 0 Å². The molecule has 19 heavy (non-hydrogen) atoms. The van der Waals surface area contributed by atoms with Crippen molar-refractivity contribution >= 4 is 28.4 Å². The van der Waals surface area contributed by atoms with Gasteiger partial charge in [-0.1, -0.05) is 13.3 Å². The number of aromatic nitrogens is 3. The van der Waals surface area contributed by atoms with Gasteiger partial charge in [-0.05, 0) is 48.1 Å². The molecule has 0 unspecified atom stereocenters. The molecule has 0 amide bonds. The molecular formula is C14H17IN4. The Morgan fingerprint density at radius 1 is 1.16 bits per heavy atom. The summed E-state index contributed by atoms with van der Waals surface area (Å²) in [7, 11) is 0. The minimum Gasteiger partial charge on any atom is -0.369 e. The Bertz CT molecular complexity index is 515. The maximum Gasteiger partial charge on any atom is 0.161 e. The van der Waals surface area contributed by atoms with Crippen LogP contribution in [0.3, 0.4) is 0 Å². The fourth-order valence-corrected chi connectivity index (χ4v) is 2.51. The zero-order valence-electron chi connectivity index (χ0n) is 11.2. The summed E-state index contributed by atoms with van der Waals surface area (Å²) in [5.74, 6) is 1.69. The van der Waals surface area contributed by atoms with E-state index >= 15 is 0 Å². The molecule has 2 aromatic heterocycles. The van der Waals surface area contributed by atoms with Crippen LogP contribution in [0, 0.1) is 3.57 Å². The summed E-state index contributed by atoms with van der Waals surface area (Å²) in [5.41, 5.74) is 2.11. The zero-order valence-corrected chi connectivity index (χ0v) is 13.3. The van der Waals surface area contributed by atoms with Gasteiger partial charge in [0.1, 0.15) is 5.82 Å². The van der Waals surface area contributed by atoms with Gasteiger partial charge in [-0.3, -0.25) is 4.98 Å². The maximum atomic E-state index is 4.69. The number of pyridine rings is 1. The van der Waals surface area contributed by atoms with Gasteiger partial charge in [-0.25, -0.2) is 9.97 Å². The number of anilines is 1. The van der Waals surface area contributed by atoms with Gasteiger partial charge in [0, 0.05) is 24.5 Å². The second-order valence-corrected chi connectivity index (χ2v) is 5.25. The summed E-state index contributed by atoms with van der Waals surface area (Å²) >= 11 is 2.32. The van der Waals surface area contributed by atoms with Crippen molar-refractivity contribution in [3.63, 3.8) is 0 Å². The molecule has 0 spiro atoms. The molecule has 5 heteroatoms. The standard InChI is InChI=1S/C14H17IN4/c1-3-5-11-12(15)14(17-4-2)19-13(18-11)10-6-8-16-9-7-10/h6-9H,3-5H2,1-2H3,(H,17,18,19). The Hall–Kier alpha value is -1.24. The summed E-state index contributed by atoms with van der Waals surface area (Å²) in [5, 5.41) is 3.31. The zero-order chi connectivity index (χ0) is 13.7. The molecule has 0 saturated heterocycles. The van der Waals surface area contributed by atoms with Crippen molar-refractivity contribution < 1.29 is 0 Å². The second kappa shape index (κ2) is 6.79. The highest BCUT2D eigenvalue weighted by Gasteiger charge is 2.12. The molecule has 2 heterocycles. The number of rotatable bonds is 5. The Morgan fingerprint density at radius 2 is 1.89 bits per heavy atom. The number of nitrogens with zero attached hydrogens (tertiary/aromatic N) is 3. The lowest BCUT2D eigenvalue weighted by Gasteiger charge is -2.11. The number of hydrogen-bond donors (Lipinski definition) is 1. The van der Waals surface area contributed by atoms with Gasteiger partial charge in [0.15, 0.2) is 5.82 Å². The van der Waals surface area contributed by atoms with Crippen LogP contribution >= 0.6 is 22.6 Å². The predicted octanol–water partition coefficient (Wildman–Crippen LogP) is 3.53. The molecule has 0 fully saturated rings. The first-order valence-corrected chi connectivity index (χ1v) is 7.54. The Labute approximate surface area is 127 Å². The van der Waals surface area contributed by atoms with Gasteiger partial charge in [0.25, 0.3) is 0 Å². The van der Waals surface area contributed by atoms with Crippen molar-refractivity contribution in [1.29, 1.82) is 0 Å². The average Bonchev–Trinajstić information content (AvgIpc) is 2.44. The minimum atomic E-state index is 0.766. The van der Waals surface area contributed by atoms with E-state index in [2.05, 4.69) is 56.7 Å². The Balaban J connectivity index is 2.49. The fraction of sp³-hybridized carbons (Fsp3) is 0.357. The average molecular weight is 368 g/mol. The van der Waals surface area contributed by atoms with Crippen LogP contribution in [-0.4, -0.2) is 21.5 Å². The van der Waals surface area contributed by atoms with Gasteiger partial charge in [0.2, 0.25) is 0 Å². The largest absolute Gasteiger partial charge is 0.369 e. The van der Waals surface area contributed by atoms with Crippen LogP contribution in [0.4, 0.5) is 5.82 Å². The van der Waals surface area contributed by atoms with E-state index in [-0.39, 0.29) is 0 Å². The molecule has 0 aliphatic carbocycles. The monoisotopic (exact) mass is 368 g/mol. The highest BCUT2D eigenvalue weighted by Crippen LogP contribution is 2.24. The van der Waals surface area contributed by atoms with Crippen LogP contribution in [-0.2, 0) is 6.42 Å². The molecule has 2 rings (SSSR count). The van der Waals surface area contributed by atoms with Crippen LogP contribution in [0.1, 0.15) is 26.0 Å². The van der Waals surface area contributed by atoms with Crippen molar-refractivity contribution in [2.75, 3.05) is 11.9 Å². The lowest BCUT2D eigenvalue weighted by atomic mass is 10.2. The van der Waals surface area contributed by atoms with E-state index in [1.165, 1.54) is 0 Å². The number of halogens is 1. The fourth-order valence-electron chi connectivity index (χ4n) is 1.81. The first-order valence-electron chi connectivity index (χ1n) is 6.47. The summed E-state index contributed by atoms with van der Waals surface area (Å²) < 4.78 is 1.12. The van der Waals surface area contributed by atoms with E-state index in [0.717, 1.165) is 45.9 Å². The molecule has 0 bridgehead atoms. The molecular weight excluding hydrogens is 351 g/mol. The third-order valence-corrected chi connectivity index (χ3v) is 3.82. The topological polar surface area (TPSA) is 50.7 Å². The Kier molecular flexibility index (Phi) is 5.07. The molecule has 100 valence electrons. The normalized spacial score (nSPS) is 10.5. The van der Waals surface area contributed by atoms with Crippen molar-refractivity contribution in [3.8, 4) is 11.4 Å². The maximum absolute atomic E-state index is 4.69. The molecule has 1 N–H and O–H groups in total.